The van der Waals surface area contributed by atoms with Gasteiger partial charge in [-0.15, -0.1) is 0 Å². The fourth-order valence-electron chi connectivity index (χ4n) is 5.84. The number of aromatic hydroxyl groups is 6. The Bertz CT molecular complexity index is 1590. The van der Waals surface area contributed by atoms with Gasteiger partial charge in [0, 0.05) is 33.0 Å². The number of phenolic OH excluding ortho intramolecular Hbond substituents is 6. The summed E-state index contributed by atoms with van der Waals surface area (Å²) in [6.07, 6.45) is 1.93. The van der Waals surface area contributed by atoms with E-state index >= 15 is 0 Å². The summed E-state index contributed by atoms with van der Waals surface area (Å²) in [5.41, 5.74) is 1.46. The Kier molecular flexibility index (Phi) is 7.32. The Morgan fingerprint density at radius 1 is 0.600 bits per heavy atom. The van der Waals surface area contributed by atoms with E-state index in [1.54, 1.807) is 26.0 Å². The van der Waals surface area contributed by atoms with Crippen molar-refractivity contribution in [1.82, 2.24) is 0 Å². The Morgan fingerprint density at radius 2 is 0.925 bits per heavy atom. The van der Waals surface area contributed by atoms with E-state index in [9.17, 15) is 40.2 Å². The lowest BCUT2D eigenvalue weighted by Crippen LogP contribution is -2.02. The summed E-state index contributed by atoms with van der Waals surface area (Å²) in [7, 11) is 0. The van der Waals surface area contributed by atoms with Crippen molar-refractivity contribution in [3.05, 3.63) is 45.5 Å². The number of phenols is 6. The molecule has 0 aliphatic heterocycles. The molecule has 0 saturated heterocycles. The smallest absolute Gasteiger partial charge is 0.169 e. The second-order valence-electron chi connectivity index (χ2n) is 10.6. The molecule has 0 aliphatic rings. The molecule has 4 rings (SSSR count). The minimum Gasteiger partial charge on any atom is -0.507 e. The molecule has 4 aromatic rings. The maximum atomic E-state index is 12.1. The lowest BCUT2D eigenvalue weighted by molar-refractivity contribution is 0.111. The normalized spacial score (nSPS) is 13.1. The molecule has 0 amide bonds. The minimum absolute atomic E-state index is 0.0181. The van der Waals surface area contributed by atoms with Gasteiger partial charge in [-0.25, -0.2) is 0 Å². The van der Waals surface area contributed by atoms with E-state index in [1.807, 2.05) is 27.7 Å². The van der Waals surface area contributed by atoms with E-state index in [4.69, 9.17) is 0 Å². The van der Waals surface area contributed by atoms with Crippen LogP contribution in [0.1, 0.15) is 95.3 Å². The van der Waals surface area contributed by atoms with Gasteiger partial charge in [-0.2, -0.15) is 0 Å². The molecule has 0 heterocycles. The number of fused-ring (bicyclic) bond motifs is 2. The standard InChI is InChI=1S/C32H34O8/c1-7-13(3)21-17-9-15(5)23(29(37)25(17)19(11-33)27(35)31(21)39)24-16(6)10-18-22(14(4)8-2)32(40)28(36)20(12-34)26(18)30(24)38/h9-14,35-40H,7-8H2,1-6H3. The topological polar surface area (TPSA) is 156 Å². The molecular weight excluding hydrogens is 512 g/mol. The molecule has 0 radical (unpaired) electrons. The lowest BCUT2D eigenvalue weighted by Gasteiger charge is -2.24. The molecule has 8 nitrogen and oxygen atoms in total. The van der Waals surface area contributed by atoms with E-state index in [-0.39, 0.29) is 44.9 Å². The maximum absolute atomic E-state index is 12.1. The number of aryl methyl sites for hydroxylation is 2. The molecule has 0 aromatic heterocycles. The number of hydrogen-bond acceptors (Lipinski definition) is 8. The van der Waals surface area contributed by atoms with Crippen LogP contribution in [-0.2, 0) is 0 Å². The first-order valence-corrected chi connectivity index (χ1v) is 13.3. The fourth-order valence-corrected chi connectivity index (χ4v) is 5.84. The predicted octanol–water partition coefficient (Wildman–Crippen LogP) is 7.16. The molecule has 0 aliphatic carbocycles. The van der Waals surface area contributed by atoms with Gasteiger partial charge >= 0.3 is 0 Å². The summed E-state index contributed by atoms with van der Waals surface area (Å²) in [4.78, 5) is 24.2. The fraction of sp³-hybridized carbons (Fsp3) is 0.312. The molecule has 210 valence electrons. The summed E-state index contributed by atoms with van der Waals surface area (Å²) >= 11 is 0. The second kappa shape index (κ2) is 10.3. The zero-order chi connectivity index (χ0) is 29.8. The van der Waals surface area contributed by atoms with Gasteiger partial charge in [0.25, 0.3) is 0 Å². The average Bonchev–Trinajstić information content (AvgIpc) is 2.92. The molecule has 0 spiro atoms. The minimum atomic E-state index is -0.649. The van der Waals surface area contributed by atoms with E-state index in [2.05, 4.69) is 0 Å². The number of benzene rings is 4. The highest BCUT2D eigenvalue weighted by Gasteiger charge is 2.30. The molecule has 0 saturated carbocycles. The molecule has 6 N–H and O–H groups in total. The van der Waals surface area contributed by atoms with Crippen molar-refractivity contribution in [1.29, 1.82) is 0 Å². The van der Waals surface area contributed by atoms with Crippen molar-refractivity contribution in [2.45, 2.75) is 66.2 Å². The van der Waals surface area contributed by atoms with Crippen molar-refractivity contribution >= 4 is 34.1 Å². The monoisotopic (exact) mass is 546 g/mol. The van der Waals surface area contributed by atoms with E-state index < -0.39 is 34.5 Å². The molecule has 40 heavy (non-hydrogen) atoms. The summed E-state index contributed by atoms with van der Waals surface area (Å²) in [5, 5.41) is 67.2. The summed E-state index contributed by atoms with van der Waals surface area (Å²) in [6, 6.07) is 3.36. The van der Waals surface area contributed by atoms with Crippen LogP contribution < -0.4 is 0 Å². The Morgan fingerprint density at radius 3 is 1.20 bits per heavy atom. The van der Waals surface area contributed by atoms with Gasteiger partial charge in [0.15, 0.2) is 35.6 Å². The van der Waals surface area contributed by atoms with Crippen LogP contribution >= 0.6 is 0 Å². The lowest BCUT2D eigenvalue weighted by atomic mass is 9.82. The Balaban J connectivity index is 2.26. The van der Waals surface area contributed by atoms with Crippen molar-refractivity contribution in [3.8, 4) is 45.6 Å². The molecule has 2 unspecified atom stereocenters. The Labute approximate surface area is 231 Å². The highest BCUT2D eigenvalue weighted by atomic mass is 16.3. The van der Waals surface area contributed by atoms with Crippen molar-refractivity contribution in [2.75, 3.05) is 0 Å². The van der Waals surface area contributed by atoms with Crippen LogP contribution in [0.25, 0.3) is 32.7 Å². The van der Waals surface area contributed by atoms with Crippen molar-refractivity contribution in [2.24, 2.45) is 0 Å². The van der Waals surface area contributed by atoms with Crippen LogP contribution in [-0.4, -0.2) is 43.2 Å². The number of carbonyl (C=O) groups excluding carboxylic acids is 2. The van der Waals surface area contributed by atoms with Gasteiger partial charge in [-0.05, 0) is 60.4 Å². The number of aldehydes is 2. The zero-order valence-corrected chi connectivity index (χ0v) is 23.4. The summed E-state index contributed by atoms with van der Waals surface area (Å²) < 4.78 is 0. The predicted molar refractivity (Wildman–Crippen MR) is 155 cm³/mol. The van der Waals surface area contributed by atoms with Gasteiger partial charge in [0.1, 0.15) is 11.5 Å². The number of carbonyl (C=O) groups is 2. The van der Waals surface area contributed by atoms with Gasteiger partial charge < -0.3 is 30.6 Å². The summed E-state index contributed by atoms with van der Waals surface area (Å²) in [6.45, 7) is 10.9. The van der Waals surface area contributed by atoms with Gasteiger partial charge in [-0.1, -0.05) is 39.8 Å². The van der Waals surface area contributed by atoms with Gasteiger partial charge in [0.05, 0.1) is 11.1 Å². The van der Waals surface area contributed by atoms with E-state index in [1.165, 1.54) is 0 Å². The third kappa shape index (κ3) is 3.89. The van der Waals surface area contributed by atoms with Gasteiger partial charge in [-0.3, -0.25) is 9.59 Å². The highest BCUT2D eigenvalue weighted by molar-refractivity contribution is 6.14. The number of rotatable bonds is 7. The van der Waals surface area contributed by atoms with E-state index in [0.29, 0.717) is 58.4 Å². The zero-order valence-electron chi connectivity index (χ0n) is 23.4. The maximum Gasteiger partial charge on any atom is 0.169 e. The molecule has 2 atom stereocenters. The van der Waals surface area contributed by atoms with Gasteiger partial charge in [0.2, 0.25) is 0 Å². The van der Waals surface area contributed by atoms with Crippen LogP contribution in [0.4, 0.5) is 0 Å². The quantitative estimate of drug-likeness (QED) is 0.105. The third-order valence-electron chi connectivity index (χ3n) is 8.28. The molecule has 0 bridgehead atoms. The van der Waals surface area contributed by atoms with Crippen LogP contribution in [0, 0.1) is 13.8 Å². The largest absolute Gasteiger partial charge is 0.507 e. The second-order valence-corrected chi connectivity index (χ2v) is 10.6. The van der Waals surface area contributed by atoms with Crippen LogP contribution in [0.15, 0.2) is 12.1 Å². The molecule has 0 fully saturated rings. The first-order chi connectivity index (χ1) is 18.9. The summed E-state index contributed by atoms with van der Waals surface area (Å²) in [5.74, 6) is -3.39. The van der Waals surface area contributed by atoms with Crippen LogP contribution in [0.2, 0.25) is 0 Å². The molecule has 8 heteroatoms. The average molecular weight is 547 g/mol. The molecule has 4 aromatic carbocycles. The Hall–Kier alpha value is -4.46. The first kappa shape index (κ1) is 28.5. The van der Waals surface area contributed by atoms with E-state index in [0.717, 1.165) is 0 Å². The third-order valence-corrected chi connectivity index (χ3v) is 8.28. The molecular formula is C32H34O8. The number of hydrogen-bond donors (Lipinski definition) is 6. The highest BCUT2D eigenvalue weighted by Crippen LogP contribution is 2.54. The van der Waals surface area contributed by atoms with Crippen LogP contribution in [0.3, 0.4) is 0 Å². The first-order valence-electron chi connectivity index (χ1n) is 13.3. The van der Waals surface area contributed by atoms with Crippen LogP contribution in [0.5, 0.6) is 34.5 Å². The van der Waals surface area contributed by atoms with Crippen molar-refractivity contribution < 1.29 is 40.2 Å². The SMILES string of the molecule is CCC(C)c1c(O)c(O)c(C=O)c2c(O)c(-c3c(C)cc4c(C(C)CC)c(O)c(O)c(C=O)c4c3O)c(C)cc12. The van der Waals surface area contributed by atoms with Crippen molar-refractivity contribution in [3.63, 3.8) is 0 Å².